The van der Waals surface area contributed by atoms with E-state index in [4.69, 9.17) is 0 Å². The normalized spacial score (nSPS) is 21.8. The number of amides is 5. The maximum atomic E-state index is 13.7. The maximum absolute atomic E-state index is 13.7. The number of nitrogens with zero attached hydrogens (tertiary/aromatic N) is 3. The number of nitrogens with one attached hydrogen (secondary N) is 2. The van der Waals surface area contributed by atoms with Crippen LogP contribution in [0.15, 0.2) is 42.5 Å². The van der Waals surface area contributed by atoms with Crippen molar-refractivity contribution in [2.45, 2.75) is 62.1 Å². The van der Waals surface area contributed by atoms with Crippen molar-refractivity contribution in [2.24, 2.45) is 0 Å². The zero-order valence-corrected chi connectivity index (χ0v) is 25.2. The van der Waals surface area contributed by atoms with Gasteiger partial charge < -0.3 is 25.2 Å². The number of hydrogen-bond donors (Lipinski definition) is 2. The molecule has 0 spiro atoms. The van der Waals surface area contributed by atoms with Crippen LogP contribution in [0.5, 0.6) is 0 Å². The van der Waals surface area contributed by atoms with E-state index in [-0.39, 0.29) is 31.2 Å². The lowest BCUT2D eigenvalue weighted by Gasteiger charge is -2.33. The molecule has 2 fully saturated rings. The highest BCUT2D eigenvalue weighted by Gasteiger charge is 2.42. The Balaban J connectivity index is 1.53. The van der Waals surface area contributed by atoms with Gasteiger partial charge in [-0.05, 0) is 61.6 Å². The van der Waals surface area contributed by atoms with Gasteiger partial charge in [-0.1, -0.05) is 12.1 Å². The van der Waals surface area contributed by atoms with E-state index in [1.165, 1.54) is 48.2 Å². The Morgan fingerprint density at radius 1 is 0.826 bits per heavy atom. The highest BCUT2D eigenvalue weighted by Crippen LogP contribution is 2.39. The summed E-state index contributed by atoms with van der Waals surface area (Å²) in [6, 6.07) is 3.92. The number of methoxy groups -OCH3 is 1. The number of anilines is 1. The van der Waals surface area contributed by atoms with Gasteiger partial charge in [-0.2, -0.15) is 26.3 Å². The van der Waals surface area contributed by atoms with E-state index >= 15 is 0 Å². The number of likely N-dealkylation sites (tertiary alicyclic amines) is 1. The number of alkyl carbamates (subject to hydrolysis) is 1. The van der Waals surface area contributed by atoms with Crippen molar-refractivity contribution in [3.63, 3.8) is 0 Å². The van der Waals surface area contributed by atoms with Gasteiger partial charge in [0.05, 0.1) is 24.3 Å². The van der Waals surface area contributed by atoms with Crippen molar-refractivity contribution in [1.29, 1.82) is 0 Å². The number of carbonyl (C=O) groups excluding carboxylic acids is 3. The molecule has 2 atom stereocenters. The Bertz CT molecular complexity index is 1380. The summed E-state index contributed by atoms with van der Waals surface area (Å²) >= 11 is 0. The molecule has 2 aliphatic rings. The van der Waals surface area contributed by atoms with Crippen LogP contribution in [0.1, 0.15) is 48.3 Å². The first-order valence-electron chi connectivity index (χ1n) is 14.4. The molecule has 5 amide bonds. The molecule has 0 aromatic heterocycles. The lowest BCUT2D eigenvalue weighted by molar-refractivity contribution is -0.143. The van der Waals surface area contributed by atoms with Crippen molar-refractivity contribution >= 4 is 23.8 Å². The molecule has 16 heteroatoms. The first-order valence-corrected chi connectivity index (χ1v) is 14.4. The first kappa shape index (κ1) is 34.6. The molecule has 1 aliphatic heterocycles. The van der Waals surface area contributed by atoms with Crippen LogP contribution in [0.3, 0.4) is 0 Å². The van der Waals surface area contributed by atoms with Gasteiger partial charge in [0.15, 0.2) is 0 Å². The van der Waals surface area contributed by atoms with Crippen LogP contribution in [0.2, 0.25) is 0 Å². The van der Waals surface area contributed by atoms with Crippen molar-refractivity contribution in [1.82, 2.24) is 20.4 Å². The number of ether oxygens (including phenoxy) is 1. The minimum atomic E-state index is -5.10. The average Bonchev–Trinajstić information content (AvgIpc) is 3.46. The lowest BCUT2D eigenvalue weighted by Crippen LogP contribution is -2.49. The maximum Gasteiger partial charge on any atom is 0.416 e. The Hall–Kier alpha value is -4.24. The molecule has 1 saturated heterocycles. The second-order valence-electron chi connectivity index (χ2n) is 11.5. The molecule has 0 radical (unpaired) electrons. The van der Waals surface area contributed by atoms with E-state index in [0.29, 0.717) is 48.3 Å². The van der Waals surface area contributed by atoms with Crippen LogP contribution in [-0.2, 0) is 17.1 Å². The third-order valence-corrected chi connectivity index (χ3v) is 8.48. The van der Waals surface area contributed by atoms with Gasteiger partial charge in [-0.25, -0.2) is 18.8 Å². The Morgan fingerprint density at radius 3 is 1.85 bits per heavy atom. The van der Waals surface area contributed by atoms with Crippen LogP contribution in [-0.4, -0.2) is 80.4 Å². The number of benzene rings is 2. The van der Waals surface area contributed by atoms with E-state index in [1.54, 1.807) is 0 Å². The minimum Gasteiger partial charge on any atom is -0.453 e. The summed E-state index contributed by atoms with van der Waals surface area (Å²) in [4.78, 5) is 41.7. The zero-order chi connectivity index (χ0) is 34.0. The van der Waals surface area contributed by atoms with E-state index < -0.39 is 65.1 Å². The predicted molar refractivity (Wildman–Crippen MR) is 153 cm³/mol. The fourth-order valence-corrected chi connectivity index (χ4v) is 5.88. The van der Waals surface area contributed by atoms with E-state index in [2.05, 4.69) is 15.4 Å². The van der Waals surface area contributed by atoms with Crippen molar-refractivity contribution in [3.05, 3.63) is 65.0 Å². The van der Waals surface area contributed by atoms with E-state index in [0.717, 1.165) is 7.05 Å². The highest BCUT2D eigenvalue weighted by atomic mass is 19.4. The zero-order valence-electron chi connectivity index (χ0n) is 25.2. The minimum absolute atomic E-state index is 0.0143. The summed E-state index contributed by atoms with van der Waals surface area (Å²) in [6.07, 6.45) is -8.36. The quantitative estimate of drug-likeness (QED) is 0.374. The molecule has 252 valence electrons. The molecular formula is C30H34F7N5O4. The number of halogens is 7. The van der Waals surface area contributed by atoms with Gasteiger partial charge in [-0.15, -0.1) is 0 Å². The standard InChI is InChI=1S/C30H34F7N5O4/c1-40(23-13-18(29(32,33)34)12-19(14-23)30(35,36)37)28(45)41(2)25-16-42(15-24(25)17-4-6-20(31)7-5-17)26(43)38-21-8-10-22(11-9-21)39-27(44)46-3/h4-7,12-14,21-22,24-25H,8-11,15-16H2,1-3H3,(H,38,43)(H,39,44)/t21?,22?,24-,25+/m0/s1. The molecule has 4 rings (SSSR count). The smallest absolute Gasteiger partial charge is 0.416 e. The summed E-state index contributed by atoms with van der Waals surface area (Å²) in [7, 11) is 3.67. The van der Waals surface area contributed by atoms with Crippen molar-refractivity contribution in [2.75, 3.05) is 39.2 Å². The number of urea groups is 2. The van der Waals surface area contributed by atoms with Gasteiger partial charge in [0.25, 0.3) is 0 Å². The molecule has 1 heterocycles. The number of alkyl halides is 6. The van der Waals surface area contributed by atoms with Crippen LogP contribution < -0.4 is 15.5 Å². The number of rotatable bonds is 5. The second kappa shape index (κ2) is 13.6. The van der Waals surface area contributed by atoms with Crippen LogP contribution in [0.4, 0.5) is 50.8 Å². The molecule has 1 saturated carbocycles. The van der Waals surface area contributed by atoms with Crippen LogP contribution in [0, 0.1) is 5.82 Å². The molecular weight excluding hydrogens is 627 g/mol. The highest BCUT2D eigenvalue weighted by molar-refractivity contribution is 5.92. The molecule has 9 nitrogen and oxygen atoms in total. The Kier molecular flexibility index (Phi) is 10.3. The molecule has 1 aliphatic carbocycles. The first-order chi connectivity index (χ1) is 21.5. The summed E-state index contributed by atoms with van der Waals surface area (Å²) in [5, 5.41) is 5.70. The van der Waals surface area contributed by atoms with Gasteiger partial charge in [-0.3, -0.25) is 4.90 Å². The van der Waals surface area contributed by atoms with Gasteiger partial charge in [0.1, 0.15) is 5.82 Å². The van der Waals surface area contributed by atoms with Crippen LogP contribution >= 0.6 is 0 Å². The fourth-order valence-electron chi connectivity index (χ4n) is 5.88. The van der Waals surface area contributed by atoms with Gasteiger partial charge in [0.2, 0.25) is 0 Å². The average molecular weight is 662 g/mol. The molecule has 0 unspecified atom stereocenters. The Morgan fingerprint density at radius 2 is 1.35 bits per heavy atom. The number of likely N-dealkylation sites (N-methyl/N-ethyl adjacent to an activating group) is 1. The predicted octanol–water partition coefficient (Wildman–Crippen LogP) is 6.20. The molecule has 46 heavy (non-hydrogen) atoms. The topological polar surface area (TPSA) is 94.2 Å². The molecule has 0 bridgehead atoms. The largest absolute Gasteiger partial charge is 0.453 e. The summed E-state index contributed by atoms with van der Waals surface area (Å²) in [5.74, 6) is -1.07. The van der Waals surface area contributed by atoms with Gasteiger partial charge >= 0.3 is 30.5 Å². The fraction of sp³-hybridized carbons (Fsp3) is 0.500. The van der Waals surface area contributed by atoms with E-state index in [1.807, 2.05) is 0 Å². The van der Waals surface area contributed by atoms with Crippen molar-refractivity contribution < 1.29 is 49.9 Å². The second-order valence-corrected chi connectivity index (χ2v) is 11.5. The lowest BCUT2D eigenvalue weighted by atomic mass is 9.91. The molecule has 2 aromatic rings. The third kappa shape index (κ3) is 8.12. The summed E-state index contributed by atoms with van der Waals surface area (Å²) in [5.41, 5.74) is -3.18. The SMILES string of the molecule is COC(=O)NC1CCC(NC(=O)N2C[C@@H](N(C)C(=O)N(C)c3cc(C(F)(F)F)cc(C(F)(F)F)c3)[C@H](c3ccc(F)cc3)C2)CC1. The van der Waals surface area contributed by atoms with E-state index in [9.17, 15) is 45.1 Å². The molecule has 2 aromatic carbocycles. The Labute approximate surface area is 260 Å². The van der Waals surface area contributed by atoms with Crippen LogP contribution in [0.25, 0.3) is 0 Å². The number of hydrogen-bond acceptors (Lipinski definition) is 4. The summed E-state index contributed by atoms with van der Waals surface area (Å²) < 4.78 is 99.2. The van der Waals surface area contributed by atoms with Crippen molar-refractivity contribution in [3.8, 4) is 0 Å². The van der Waals surface area contributed by atoms with Gasteiger partial charge in [0, 0.05) is 50.9 Å². The third-order valence-electron chi connectivity index (χ3n) is 8.48. The summed E-state index contributed by atoms with van der Waals surface area (Å²) in [6.45, 7) is 0.0874. The molecule has 2 N–H and O–H groups in total. The number of carbonyl (C=O) groups is 3. The monoisotopic (exact) mass is 661 g/mol.